The average molecular weight is 615 g/mol. The molecule has 0 saturated heterocycles. The first kappa shape index (κ1) is 41.6. The van der Waals surface area contributed by atoms with Crippen LogP contribution in [0.25, 0.3) is 0 Å². The van der Waals surface area contributed by atoms with Gasteiger partial charge in [0, 0.05) is 27.1 Å². The van der Waals surface area contributed by atoms with Crippen LogP contribution in [0.1, 0.15) is 157 Å². The van der Waals surface area contributed by atoms with Crippen LogP contribution in [-0.2, 0) is 33.2 Å². The minimum absolute atomic E-state index is 0.545. The molecule has 7 nitrogen and oxygen atoms in total. The van der Waals surface area contributed by atoms with E-state index >= 15 is 0 Å². The monoisotopic (exact) mass is 615 g/mol. The van der Waals surface area contributed by atoms with E-state index < -0.39 is 12.6 Å². The van der Waals surface area contributed by atoms with Gasteiger partial charge in [-0.25, -0.2) is 0 Å². The lowest BCUT2D eigenvalue weighted by Crippen LogP contribution is -2.32. The third-order valence-corrected chi connectivity index (χ3v) is 7.05. The summed E-state index contributed by atoms with van der Waals surface area (Å²) in [5.41, 5.74) is 0. The number of rotatable bonds is 32. The Balaban J connectivity index is 6.21. The van der Waals surface area contributed by atoms with Crippen molar-refractivity contribution < 1.29 is 33.2 Å². The molecule has 0 rings (SSSR count). The summed E-state index contributed by atoms with van der Waals surface area (Å²) >= 11 is 0. The van der Waals surface area contributed by atoms with E-state index in [0.717, 1.165) is 75.7 Å². The van der Waals surface area contributed by atoms with Crippen LogP contribution < -0.4 is 0 Å². The Morgan fingerprint density at radius 2 is 0.721 bits per heavy atom. The number of ether oxygens (including phenoxy) is 7. The third-order valence-electron chi connectivity index (χ3n) is 7.05. The highest BCUT2D eigenvalue weighted by Gasteiger charge is 2.31. The second kappa shape index (κ2) is 30.6. The molecule has 0 aromatic heterocycles. The van der Waals surface area contributed by atoms with Gasteiger partial charge < -0.3 is 33.2 Å². The van der Waals surface area contributed by atoms with Crippen LogP contribution in [0.4, 0.5) is 0 Å². The average Bonchev–Trinajstić information content (AvgIpc) is 3.02. The molecule has 0 aliphatic carbocycles. The van der Waals surface area contributed by atoms with Gasteiger partial charge in [0.15, 0.2) is 11.5 Å². The number of allylic oxidation sites excluding steroid dienone is 2. The van der Waals surface area contributed by atoms with Crippen LogP contribution in [0.15, 0.2) is 23.0 Å². The zero-order valence-electron chi connectivity index (χ0n) is 29.6. The Bertz CT molecular complexity index is 621. The molecule has 0 aromatic carbocycles. The first-order chi connectivity index (χ1) is 21.1. The molecule has 0 heterocycles. The fourth-order valence-corrected chi connectivity index (χ4v) is 4.66. The Morgan fingerprint density at radius 1 is 0.395 bits per heavy atom. The lowest BCUT2D eigenvalue weighted by molar-refractivity contribution is -0.226. The summed E-state index contributed by atoms with van der Waals surface area (Å²) in [6.07, 6.45) is 18.0. The number of methoxy groups -OCH3 is 2. The van der Waals surface area contributed by atoms with Crippen LogP contribution in [0.2, 0.25) is 0 Å². The molecule has 0 aliphatic rings. The van der Waals surface area contributed by atoms with Gasteiger partial charge >= 0.3 is 0 Å². The summed E-state index contributed by atoms with van der Waals surface area (Å²) in [5, 5.41) is 0. The van der Waals surface area contributed by atoms with Crippen LogP contribution in [0.3, 0.4) is 0 Å². The van der Waals surface area contributed by atoms with Gasteiger partial charge in [0.1, 0.15) is 11.5 Å². The Kier molecular flexibility index (Phi) is 29.6. The molecular formula is C36H70O7. The first-order valence-corrected chi connectivity index (χ1v) is 17.8. The molecule has 0 radical (unpaired) electrons. The van der Waals surface area contributed by atoms with Crippen molar-refractivity contribution in [1.82, 2.24) is 0 Å². The van der Waals surface area contributed by atoms with Gasteiger partial charge in [-0.1, -0.05) is 106 Å². The second-order valence-electron chi connectivity index (χ2n) is 11.3. The maximum absolute atomic E-state index is 6.54. The summed E-state index contributed by atoms with van der Waals surface area (Å²) < 4.78 is 43.6. The topological polar surface area (TPSA) is 64.6 Å². The van der Waals surface area contributed by atoms with Gasteiger partial charge in [-0.15, -0.1) is 0 Å². The molecule has 0 aliphatic heterocycles. The van der Waals surface area contributed by atoms with Crippen molar-refractivity contribution in [3.05, 3.63) is 23.0 Å². The van der Waals surface area contributed by atoms with Gasteiger partial charge in [0.25, 0.3) is 0 Å². The Morgan fingerprint density at radius 3 is 1.05 bits per heavy atom. The minimum Gasteiger partial charge on any atom is -0.494 e. The molecule has 0 saturated carbocycles. The van der Waals surface area contributed by atoms with Crippen molar-refractivity contribution in [3.63, 3.8) is 0 Å². The van der Waals surface area contributed by atoms with Crippen LogP contribution in [0, 0.1) is 0 Å². The molecule has 0 spiro atoms. The zero-order chi connectivity index (χ0) is 32.0. The predicted molar refractivity (Wildman–Crippen MR) is 178 cm³/mol. The smallest absolute Gasteiger partial charge is 0.222 e. The normalized spacial score (nSPS) is 14.1. The SMILES string of the molecule is CCCCCCCCC(OCCC)=C(OCCC)C(OC)OC(OC)C(OCCC)=C(CCCCCCCC)OCCC. The van der Waals surface area contributed by atoms with Crippen LogP contribution in [0.5, 0.6) is 0 Å². The molecule has 2 atom stereocenters. The van der Waals surface area contributed by atoms with Crippen molar-refractivity contribution in [2.75, 3.05) is 40.6 Å². The number of hydrogen-bond donors (Lipinski definition) is 0. The summed E-state index contributed by atoms with van der Waals surface area (Å²) in [6, 6.07) is 0. The zero-order valence-corrected chi connectivity index (χ0v) is 29.6. The highest BCUT2D eigenvalue weighted by Crippen LogP contribution is 2.28. The summed E-state index contributed by atoms with van der Waals surface area (Å²) in [4.78, 5) is 0. The van der Waals surface area contributed by atoms with Gasteiger partial charge in [0.2, 0.25) is 12.6 Å². The molecule has 256 valence electrons. The Labute approximate surface area is 266 Å². The van der Waals surface area contributed by atoms with E-state index in [1.807, 2.05) is 0 Å². The van der Waals surface area contributed by atoms with Gasteiger partial charge in [0.05, 0.1) is 26.4 Å². The van der Waals surface area contributed by atoms with Crippen molar-refractivity contribution in [2.24, 2.45) is 0 Å². The van der Waals surface area contributed by atoms with Crippen molar-refractivity contribution in [2.45, 2.75) is 170 Å². The molecule has 2 unspecified atom stereocenters. The van der Waals surface area contributed by atoms with E-state index in [2.05, 4.69) is 41.5 Å². The van der Waals surface area contributed by atoms with E-state index in [1.165, 1.54) is 51.4 Å². The highest BCUT2D eigenvalue weighted by molar-refractivity contribution is 5.09. The van der Waals surface area contributed by atoms with Gasteiger partial charge in [-0.3, -0.25) is 0 Å². The molecule has 0 bridgehead atoms. The lowest BCUT2D eigenvalue weighted by Gasteiger charge is -2.29. The maximum Gasteiger partial charge on any atom is 0.222 e. The van der Waals surface area contributed by atoms with E-state index in [4.69, 9.17) is 33.2 Å². The second-order valence-corrected chi connectivity index (χ2v) is 11.3. The molecule has 0 fully saturated rings. The summed E-state index contributed by atoms with van der Waals surface area (Å²) in [5.74, 6) is 2.80. The van der Waals surface area contributed by atoms with E-state index in [0.29, 0.717) is 37.9 Å². The minimum atomic E-state index is -0.815. The third kappa shape index (κ3) is 20.3. The van der Waals surface area contributed by atoms with Gasteiger partial charge in [-0.05, 0) is 38.5 Å². The summed E-state index contributed by atoms with van der Waals surface area (Å²) in [7, 11) is 3.27. The molecule has 7 heteroatoms. The van der Waals surface area contributed by atoms with Crippen LogP contribution >= 0.6 is 0 Å². The maximum atomic E-state index is 6.54. The van der Waals surface area contributed by atoms with Gasteiger partial charge in [-0.2, -0.15) is 0 Å². The standard InChI is InChI=1S/C36H70O7/c1-9-15-17-19-21-23-25-31(39-27-11-3)33(41-29-13-5)35(37-7)43-36(38-8)34(42-30-14-6)32(40-28-12-4)26-24-22-20-18-16-10-2/h35-36H,9-30H2,1-8H3. The molecule has 0 N–H and O–H groups in total. The fourth-order valence-electron chi connectivity index (χ4n) is 4.66. The molecule has 43 heavy (non-hydrogen) atoms. The van der Waals surface area contributed by atoms with E-state index in [1.54, 1.807) is 14.2 Å². The fraction of sp³-hybridized carbons (Fsp3) is 0.889. The predicted octanol–water partition coefficient (Wildman–Crippen LogP) is 10.6. The highest BCUT2D eigenvalue weighted by atomic mass is 16.8. The van der Waals surface area contributed by atoms with Crippen molar-refractivity contribution >= 4 is 0 Å². The first-order valence-electron chi connectivity index (χ1n) is 17.8. The Hall–Kier alpha value is -1.44. The molecule has 0 amide bonds. The molecular weight excluding hydrogens is 544 g/mol. The quantitative estimate of drug-likeness (QED) is 0.0424. The summed E-state index contributed by atoms with van der Waals surface area (Å²) in [6.45, 7) is 15.2. The lowest BCUT2D eigenvalue weighted by atomic mass is 10.1. The van der Waals surface area contributed by atoms with E-state index in [-0.39, 0.29) is 0 Å². The molecule has 0 aromatic rings. The number of unbranched alkanes of at least 4 members (excludes halogenated alkanes) is 10. The van der Waals surface area contributed by atoms with E-state index in [9.17, 15) is 0 Å². The van der Waals surface area contributed by atoms with Crippen molar-refractivity contribution in [3.8, 4) is 0 Å². The largest absolute Gasteiger partial charge is 0.494 e. The van der Waals surface area contributed by atoms with Crippen LogP contribution in [-0.4, -0.2) is 53.2 Å². The van der Waals surface area contributed by atoms with Crippen molar-refractivity contribution in [1.29, 1.82) is 0 Å². The number of hydrogen-bond acceptors (Lipinski definition) is 7.